The molecule has 0 atom stereocenters. The Morgan fingerprint density at radius 3 is 2.72 bits per heavy atom. The third-order valence-electron chi connectivity index (χ3n) is 2.71. The predicted molar refractivity (Wildman–Crippen MR) is 71.9 cm³/mol. The van der Waals surface area contributed by atoms with E-state index in [4.69, 9.17) is 28.3 Å². The Morgan fingerprint density at radius 1 is 1.39 bits per heavy atom. The number of aromatic amines is 1. The average molecular weight is 287 g/mol. The third kappa shape index (κ3) is 2.32. The molecule has 0 radical (unpaired) electrons. The first kappa shape index (κ1) is 13.2. The highest BCUT2D eigenvalue weighted by atomic mass is 35.5. The van der Waals surface area contributed by atoms with E-state index in [-0.39, 0.29) is 12.2 Å². The lowest BCUT2D eigenvalue weighted by Crippen LogP contribution is -2.18. The van der Waals surface area contributed by atoms with Crippen LogP contribution >= 0.6 is 23.2 Å². The lowest BCUT2D eigenvalue weighted by atomic mass is 10.2. The predicted octanol–water partition coefficient (Wildman–Crippen LogP) is 2.32. The standard InChI is InChI=1S/C12H12Cl2N2O2/c1-7-9(4-5-17)12(18)16(15-7)11-3-2-8(13)6-10(11)14/h2-3,6,15,17H,4-5H2,1H3. The minimum atomic E-state index is -0.203. The van der Waals surface area contributed by atoms with Gasteiger partial charge in [0, 0.05) is 29.3 Å². The third-order valence-corrected chi connectivity index (χ3v) is 3.24. The molecule has 18 heavy (non-hydrogen) atoms. The number of hydrogen-bond acceptors (Lipinski definition) is 2. The number of aliphatic hydroxyl groups excluding tert-OH is 1. The van der Waals surface area contributed by atoms with Gasteiger partial charge in [-0.25, -0.2) is 4.68 Å². The van der Waals surface area contributed by atoms with Gasteiger partial charge in [0.25, 0.3) is 5.56 Å². The van der Waals surface area contributed by atoms with Crippen LogP contribution in [0.25, 0.3) is 5.69 Å². The smallest absolute Gasteiger partial charge is 0.274 e. The molecule has 0 aliphatic carbocycles. The van der Waals surface area contributed by atoms with Gasteiger partial charge >= 0.3 is 0 Å². The van der Waals surface area contributed by atoms with Crippen LogP contribution in [-0.4, -0.2) is 21.5 Å². The molecule has 2 rings (SSSR count). The molecular weight excluding hydrogens is 275 g/mol. The summed E-state index contributed by atoms with van der Waals surface area (Å²) in [6.45, 7) is 1.72. The van der Waals surface area contributed by atoms with E-state index < -0.39 is 0 Å². The first-order chi connectivity index (χ1) is 8.54. The van der Waals surface area contributed by atoms with Crippen LogP contribution in [0.2, 0.25) is 10.0 Å². The summed E-state index contributed by atoms with van der Waals surface area (Å²) in [4.78, 5) is 12.1. The van der Waals surface area contributed by atoms with E-state index >= 15 is 0 Å². The van der Waals surface area contributed by atoms with Crippen LogP contribution in [0.1, 0.15) is 11.3 Å². The zero-order chi connectivity index (χ0) is 13.3. The molecular formula is C12H12Cl2N2O2. The molecule has 4 nitrogen and oxygen atoms in total. The number of halogens is 2. The van der Waals surface area contributed by atoms with Gasteiger partial charge in [0.15, 0.2) is 0 Å². The molecule has 0 aliphatic rings. The summed E-state index contributed by atoms with van der Waals surface area (Å²) in [5, 5.41) is 12.8. The molecule has 96 valence electrons. The first-order valence-corrected chi connectivity index (χ1v) is 6.17. The number of aromatic nitrogens is 2. The molecule has 6 heteroatoms. The molecule has 0 amide bonds. The van der Waals surface area contributed by atoms with Crippen LogP contribution in [0, 0.1) is 6.92 Å². The van der Waals surface area contributed by atoms with E-state index in [0.717, 1.165) is 5.69 Å². The molecule has 2 N–H and O–H groups in total. The maximum Gasteiger partial charge on any atom is 0.274 e. The second-order valence-corrected chi connectivity index (χ2v) is 4.77. The number of aliphatic hydroxyl groups is 1. The summed E-state index contributed by atoms with van der Waals surface area (Å²) in [5.41, 5.74) is 1.62. The Kier molecular flexibility index (Phi) is 3.80. The van der Waals surface area contributed by atoms with Crippen molar-refractivity contribution in [1.82, 2.24) is 9.78 Å². The zero-order valence-electron chi connectivity index (χ0n) is 9.70. The van der Waals surface area contributed by atoms with Gasteiger partial charge in [0.05, 0.1) is 10.7 Å². The molecule has 0 saturated heterocycles. The summed E-state index contributed by atoms with van der Waals surface area (Å²) < 4.78 is 1.36. The van der Waals surface area contributed by atoms with E-state index in [1.165, 1.54) is 4.68 Å². The summed E-state index contributed by atoms with van der Waals surface area (Å²) in [6.07, 6.45) is 0.319. The summed E-state index contributed by atoms with van der Waals surface area (Å²) in [5.74, 6) is 0. The van der Waals surface area contributed by atoms with Crippen LogP contribution in [0.15, 0.2) is 23.0 Å². The Balaban J connectivity index is 2.58. The van der Waals surface area contributed by atoms with Crippen molar-refractivity contribution >= 4 is 23.2 Å². The lowest BCUT2D eigenvalue weighted by Gasteiger charge is -2.04. The van der Waals surface area contributed by atoms with Gasteiger partial charge in [-0.3, -0.25) is 9.89 Å². The fraction of sp³-hybridized carbons (Fsp3) is 0.250. The maximum atomic E-state index is 12.1. The number of benzene rings is 1. The number of rotatable bonds is 3. The summed E-state index contributed by atoms with van der Waals surface area (Å²) in [6, 6.07) is 4.91. The lowest BCUT2D eigenvalue weighted by molar-refractivity contribution is 0.299. The molecule has 0 bridgehead atoms. The highest BCUT2D eigenvalue weighted by Crippen LogP contribution is 2.23. The van der Waals surface area contributed by atoms with Crippen LogP contribution in [0.5, 0.6) is 0 Å². The van der Waals surface area contributed by atoms with E-state index in [2.05, 4.69) is 5.10 Å². The fourth-order valence-corrected chi connectivity index (χ4v) is 2.31. The van der Waals surface area contributed by atoms with Crippen molar-refractivity contribution in [3.05, 3.63) is 49.9 Å². The quantitative estimate of drug-likeness (QED) is 0.910. The average Bonchev–Trinajstić information content (AvgIpc) is 2.58. The summed E-state index contributed by atoms with van der Waals surface area (Å²) >= 11 is 11.9. The van der Waals surface area contributed by atoms with E-state index in [9.17, 15) is 4.79 Å². The first-order valence-electron chi connectivity index (χ1n) is 5.41. The second kappa shape index (κ2) is 5.18. The minimum absolute atomic E-state index is 0.0672. The van der Waals surface area contributed by atoms with Crippen LogP contribution in [0.4, 0.5) is 0 Å². The van der Waals surface area contributed by atoms with Gasteiger partial charge in [-0.15, -0.1) is 0 Å². The Hall–Kier alpha value is -1.23. The largest absolute Gasteiger partial charge is 0.396 e. The molecule has 0 unspecified atom stereocenters. The van der Waals surface area contributed by atoms with Gasteiger partial charge in [-0.2, -0.15) is 0 Å². The second-order valence-electron chi connectivity index (χ2n) is 3.93. The van der Waals surface area contributed by atoms with E-state index in [1.807, 2.05) is 0 Å². The van der Waals surface area contributed by atoms with Crippen LogP contribution in [-0.2, 0) is 6.42 Å². The Morgan fingerprint density at radius 2 is 2.11 bits per heavy atom. The molecule has 0 saturated carbocycles. The molecule has 1 aromatic carbocycles. The minimum Gasteiger partial charge on any atom is -0.396 e. The number of hydrogen-bond donors (Lipinski definition) is 2. The van der Waals surface area contributed by atoms with E-state index in [0.29, 0.717) is 27.7 Å². The summed E-state index contributed by atoms with van der Waals surface area (Å²) in [7, 11) is 0. The number of aryl methyl sites for hydroxylation is 1. The van der Waals surface area contributed by atoms with Gasteiger partial charge in [-0.05, 0) is 25.1 Å². The van der Waals surface area contributed by atoms with Crippen LogP contribution < -0.4 is 5.56 Å². The molecule has 0 spiro atoms. The van der Waals surface area contributed by atoms with Crippen molar-refractivity contribution < 1.29 is 5.11 Å². The van der Waals surface area contributed by atoms with Gasteiger partial charge < -0.3 is 5.11 Å². The number of nitrogens with one attached hydrogen (secondary N) is 1. The van der Waals surface area contributed by atoms with Crippen molar-refractivity contribution in [2.24, 2.45) is 0 Å². The number of H-pyrrole nitrogens is 1. The Labute approximate surface area is 114 Å². The molecule has 0 fully saturated rings. The fourth-order valence-electron chi connectivity index (χ4n) is 1.82. The topological polar surface area (TPSA) is 58.0 Å². The van der Waals surface area contributed by atoms with Gasteiger partial charge in [0.1, 0.15) is 0 Å². The maximum absolute atomic E-state index is 12.1. The van der Waals surface area contributed by atoms with E-state index in [1.54, 1.807) is 25.1 Å². The molecule has 2 aromatic rings. The van der Waals surface area contributed by atoms with Crippen molar-refractivity contribution in [2.45, 2.75) is 13.3 Å². The Bertz CT molecular complexity index is 631. The van der Waals surface area contributed by atoms with Gasteiger partial charge in [0.2, 0.25) is 0 Å². The van der Waals surface area contributed by atoms with Crippen molar-refractivity contribution in [3.8, 4) is 5.69 Å². The molecule has 1 heterocycles. The van der Waals surface area contributed by atoms with Crippen molar-refractivity contribution in [1.29, 1.82) is 0 Å². The molecule has 1 aromatic heterocycles. The highest BCUT2D eigenvalue weighted by Gasteiger charge is 2.13. The zero-order valence-corrected chi connectivity index (χ0v) is 11.2. The monoisotopic (exact) mass is 286 g/mol. The highest BCUT2D eigenvalue weighted by molar-refractivity contribution is 6.35. The van der Waals surface area contributed by atoms with Crippen LogP contribution in [0.3, 0.4) is 0 Å². The van der Waals surface area contributed by atoms with Crippen molar-refractivity contribution in [2.75, 3.05) is 6.61 Å². The number of nitrogens with zero attached hydrogens (tertiary/aromatic N) is 1. The van der Waals surface area contributed by atoms with Crippen molar-refractivity contribution in [3.63, 3.8) is 0 Å². The SMILES string of the molecule is Cc1[nH]n(-c2ccc(Cl)cc2Cl)c(=O)c1CCO. The molecule has 0 aliphatic heterocycles. The normalized spacial score (nSPS) is 10.9. The van der Waals surface area contributed by atoms with Gasteiger partial charge in [-0.1, -0.05) is 23.2 Å².